The zero-order valence-electron chi connectivity index (χ0n) is 22.1. The average molecular weight is 633 g/mol. The fraction of sp³-hybridized carbons (Fsp3) is 0.138. The van der Waals surface area contributed by atoms with Gasteiger partial charge in [0.05, 0.1) is 38.2 Å². The Hall–Kier alpha value is -3.49. The summed E-state index contributed by atoms with van der Waals surface area (Å²) in [6.07, 6.45) is 1.47. The van der Waals surface area contributed by atoms with Crippen LogP contribution in [-0.2, 0) is 49.3 Å². The predicted molar refractivity (Wildman–Crippen MR) is 150 cm³/mol. The van der Waals surface area contributed by atoms with Crippen molar-refractivity contribution in [3.63, 3.8) is 0 Å². The maximum absolute atomic E-state index is 14.2. The number of benzene rings is 3. The van der Waals surface area contributed by atoms with Crippen molar-refractivity contribution in [1.29, 1.82) is 0 Å². The Morgan fingerprint density at radius 3 is 2.52 bits per heavy atom. The Kier molecular flexibility index (Phi) is 9.59. The third kappa shape index (κ3) is 5.06. The van der Waals surface area contributed by atoms with E-state index in [1.807, 2.05) is 0 Å². The van der Waals surface area contributed by atoms with Crippen LogP contribution in [0.15, 0.2) is 76.6 Å². The van der Waals surface area contributed by atoms with Crippen molar-refractivity contribution < 1.29 is 55.7 Å². The van der Waals surface area contributed by atoms with Crippen LogP contribution in [0.5, 0.6) is 11.5 Å². The molecule has 0 atom stereocenters. The van der Waals surface area contributed by atoms with E-state index in [-0.39, 0.29) is 79.3 Å². The Balaban J connectivity index is 0.00000220. The van der Waals surface area contributed by atoms with Crippen LogP contribution in [-0.4, -0.2) is 36.2 Å². The molecule has 0 saturated carbocycles. The van der Waals surface area contributed by atoms with Gasteiger partial charge < -0.3 is 22.0 Å². The van der Waals surface area contributed by atoms with Gasteiger partial charge in [-0.15, -0.1) is 12.1 Å². The number of pyridine rings is 1. The summed E-state index contributed by atoms with van der Waals surface area (Å²) in [5, 5.41) is 10.5. The third-order valence-electron chi connectivity index (χ3n) is 6.22. The van der Waals surface area contributed by atoms with Crippen molar-refractivity contribution in [2.45, 2.75) is 18.4 Å². The number of aromatic nitrogens is 2. The quantitative estimate of drug-likeness (QED) is 0.250. The van der Waals surface area contributed by atoms with Crippen molar-refractivity contribution in [2.24, 2.45) is 0 Å². The van der Waals surface area contributed by atoms with E-state index in [0.717, 1.165) is 3.97 Å². The number of hydrogen-bond donors (Lipinski definition) is 1. The first-order valence-corrected chi connectivity index (χ1v) is 13.1. The molecule has 1 radical (unpaired) electrons. The summed E-state index contributed by atoms with van der Waals surface area (Å²) in [4.78, 5) is 21.6. The van der Waals surface area contributed by atoms with Gasteiger partial charge in [0.25, 0.3) is 10.0 Å². The summed E-state index contributed by atoms with van der Waals surface area (Å²) in [5.41, 5.74) is 0.581. The minimum atomic E-state index is -4.48. The average Bonchev–Trinajstić information content (AvgIpc) is 3.24. The van der Waals surface area contributed by atoms with E-state index in [4.69, 9.17) is 16.0 Å². The van der Waals surface area contributed by atoms with Crippen LogP contribution in [0.2, 0.25) is 0 Å². The first-order chi connectivity index (χ1) is 18.3. The topological polar surface area (TPSA) is 112 Å². The molecule has 5 aromatic rings. The van der Waals surface area contributed by atoms with Gasteiger partial charge in [0.15, 0.2) is 5.69 Å². The summed E-state index contributed by atoms with van der Waals surface area (Å²) in [7, 11) is -3.00. The maximum atomic E-state index is 14.2. The third-order valence-corrected chi connectivity index (χ3v) is 7.95. The zero-order valence-corrected chi connectivity index (χ0v) is 25.7. The van der Waals surface area contributed by atoms with E-state index in [9.17, 15) is 18.3 Å². The maximum Gasteiger partial charge on any atom is 0.266 e. The molecule has 2 aromatic heterocycles. The van der Waals surface area contributed by atoms with E-state index < -0.39 is 15.6 Å². The van der Waals surface area contributed by atoms with Crippen LogP contribution < -0.4 is 15.0 Å². The standard InChI is InChI=1S/C28H22N3O6S.CH3.Y/c1-4-37-24-10-7-17(16-32)14-21(24)26-20-15-18(29-2)8-9-22(20)31(28(26)33)38(34,35)25-12-11-23(36-3)19-6-5-13-30-27(19)25;;/h5-15,32H,4,16H2,1,3H3;1H3;/q2*-1;. The number of rotatable bonds is 7. The molecule has 0 bridgehead atoms. The van der Waals surface area contributed by atoms with E-state index in [0.29, 0.717) is 34.6 Å². The van der Waals surface area contributed by atoms with Crippen LogP contribution >= 0.6 is 0 Å². The second kappa shape index (κ2) is 12.4. The van der Waals surface area contributed by atoms with Gasteiger partial charge in [0, 0.05) is 49.8 Å². The molecular weight excluding hydrogens is 607 g/mol. The van der Waals surface area contributed by atoms with Crippen molar-refractivity contribution in [1.82, 2.24) is 8.96 Å². The monoisotopic (exact) mass is 632 g/mol. The molecule has 40 heavy (non-hydrogen) atoms. The van der Waals surface area contributed by atoms with Gasteiger partial charge in [-0.25, -0.2) is 17.2 Å². The van der Waals surface area contributed by atoms with Crippen molar-refractivity contribution in [3.8, 4) is 22.6 Å². The number of nitrogens with zero attached hydrogens (tertiary/aromatic N) is 3. The van der Waals surface area contributed by atoms with Crippen LogP contribution in [0.4, 0.5) is 5.69 Å². The SMILES string of the molecule is [C-]#[N+]c1ccc2c(c1)[c-](-c1cc(CO)ccc1OCC)c(=O)n2S(=O)(=O)c1ccc(OC)c2cccnc12.[CH3-].[Y]. The minimum Gasteiger partial charge on any atom is -0.528 e. The second-order valence-electron chi connectivity index (χ2n) is 8.35. The molecule has 0 spiro atoms. The van der Waals surface area contributed by atoms with Gasteiger partial charge >= 0.3 is 0 Å². The van der Waals surface area contributed by atoms with Gasteiger partial charge in [-0.2, -0.15) is 0 Å². The zero-order chi connectivity index (χ0) is 27.0. The normalized spacial score (nSPS) is 10.9. The van der Waals surface area contributed by atoms with Gasteiger partial charge in [-0.05, 0) is 36.8 Å². The molecule has 0 saturated heterocycles. The first-order valence-electron chi connectivity index (χ1n) is 11.6. The molecule has 0 aliphatic carbocycles. The molecule has 0 unspecified atom stereocenters. The summed E-state index contributed by atoms with van der Waals surface area (Å²) in [6.45, 7) is 9.25. The van der Waals surface area contributed by atoms with Gasteiger partial charge in [0.1, 0.15) is 10.6 Å². The molecule has 1 N–H and O–H groups in total. The molecule has 0 amide bonds. The van der Waals surface area contributed by atoms with E-state index in [1.54, 1.807) is 37.3 Å². The summed E-state index contributed by atoms with van der Waals surface area (Å²) < 4.78 is 40.2. The molecule has 2 heterocycles. The summed E-state index contributed by atoms with van der Waals surface area (Å²) in [6, 6.07) is 15.5. The van der Waals surface area contributed by atoms with E-state index in [1.165, 1.54) is 43.6 Å². The number of hydrogen-bond acceptors (Lipinski definition) is 7. The molecule has 0 aliphatic rings. The van der Waals surface area contributed by atoms with Gasteiger partial charge in [-0.3, -0.25) is 9.78 Å². The van der Waals surface area contributed by atoms with Crippen molar-refractivity contribution in [3.05, 3.63) is 102 Å². The molecule has 5 rings (SSSR count). The largest absolute Gasteiger partial charge is 0.528 e. The molecule has 0 aliphatic heterocycles. The number of ether oxygens (including phenoxy) is 2. The Bertz CT molecular complexity index is 1920. The molecule has 3 aromatic carbocycles. The molecule has 0 fully saturated rings. The predicted octanol–water partition coefficient (Wildman–Crippen LogP) is 5.07. The van der Waals surface area contributed by atoms with Crippen LogP contribution in [0.3, 0.4) is 0 Å². The van der Waals surface area contributed by atoms with Gasteiger partial charge in [0.2, 0.25) is 5.56 Å². The molecular formula is C29H25N3O6SY-2. The fourth-order valence-corrected chi connectivity index (χ4v) is 6.12. The van der Waals surface area contributed by atoms with Gasteiger partial charge in [-0.1, -0.05) is 40.8 Å². The Morgan fingerprint density at radius 2 is 1.85 bits per heavy atom. The van der Waals surface area contributed by atoms with Crippen LogP contribution in [0.25, 0.3) is 37.8 Å². The van der Waals surface area contributed by atoms with E-state index in [2.05, 4.69) is 9.83 Å². The molecule has 203 valence electrons. The number of fused-ring (bicyclic) bond motifs is 2. The van der Waals surface area contributed by atoms with Crippen LogP contribution in [0.1, 0.15) is 12.5 Å². The minimum absolute atomic E-state index is 0. The summed E-state index contributed by atoms with van der Waals surface area (Å²) >= 11 is 0. The Labute approximate surface area is 257 Å². The number of aliphatic hydroxyl groups excluding tert-OH is 1. The fourth-order valence-electron chi connectivity index (χ4n) is 4.55. The smallest absolute Gasteiger partial charge is 0.266 e. The number of aliphatic hydroxyl groups is 1. The van der Waals surface area contributed by atoms with Crippen LogP contribution in [0, 0.1) is 14.0 Å². The van der Waals surface area contributed by atoms with Crippen molar-refractivity contribution >= 4 is 37.5 Å². The van der Waals surface area contributed by atoms with E-state index >= 15 is 0 Å². The van der Waals surface area contributed by atoms with Crippen molar-refractivity contribution in [2.75, 3.05) is 13.7 Å². The summed E-state index contributed by atoms with van der Waals surface area (Å²) in [5.74, 6) is 0.791. The Morgan fingerprint density at radius 1 is 1.10 bits per heavy atom. The molecule has 11 heteroatoms. The first kappa shape index (κ1) is 31.0. The molecule has 9 nitrogen and oxygen atoms in total. The second-order valence-corrected chi connectivity index (χ2v) is 10.1. The number of methoxy groups -OCH3 is 1.